The van der Waals surface area contributed by atoms with E-state index in [0.717, 1.165) is 31.5 Å². The molecular weight excluding hydrogens is 312 g/mol. The Bertz CT molecular complexity index is 736. The number of benzene rings is 1. The molecule has 2 aromatic rings. The van der Waals surface area contributed by atoms with E-state index in [4.69, 9.17) is 5.73 Å². The Kier molecular flexibility index (Phi) is 5.43. The van der Waals surface area contributed by atoms with Crippen LogP contribution in [0.1, 0.15) is 29.9 Å². The van der Waals surface area contributed by atoms with E-state index < -0.39 is 0 Å². The van der Waals surface area contributed by atoms with Crippen molar-refractivity contribution in [3.63, 3.8) is 0 Å². The lowest BCUT2D eigenvalue weighted by molar-refractivity contribution is 0.461. The van der Waals surface area contributed by atoms with Gasteiger partial charge < -0.3 is 16.2 Å². The number of anilines is 1. The molecule has 3 rings (SSSR count). The molecule has 2 heterocycles. The summed E-state index contributed by atoms with van der Waals surface area (Å²) in [5.74, 6) is 0.633. The SMILES string of the molecule is Cl.N#Cc1c(C2CCCNC2)cc(-c2ccccc2O)nc1N. The van der Waals surface area contributed by atoms with E-state index >= 15 is 0 Å². The van der Waals surface area contributed by atoms with Gasteiger partial charge in [-0.2, -0.15) is 5.26 Å². The molecule has 0 bridgehead atoms. The topological polar surface area (TPSA) is 95.0 Å². The van der Waals surface area contributed by atoms with Crippen molar-refractivity contribution >= 4 is 18.2 Å². The van der Waals surface area contributed by atoms with Gasteiger partial charge in [0, 0.05) is 12.1 Å². The van der Waals surface area contributed by atoms with Crippen LogP contribution in [0.2, 0.25) is 0 Å². The maximum Gasteiger partial charge on any atom is 0.142 e. The van der Waals surface area contributed by atoms with Crippen LogP contribution in [-0.2, 0) is 0 Å². The lowest BCUT2D eigenvalue weighted by Gasteiger charge is -2.24. The maximum absolute atomic E-state index is 10.0. The third-order valence-corrected chi connectivity index (χ3v) is 4.11. The number of pyridine rings is 1. The molecule has 1 aromatic carbocycles. The summed E-state index contributed by atoms with van der Waals surface area (Å²) < 4.78 is 0. The van der Waals surface area contributed by atoms with E-state index in [1.54, 1.807) is 18.2 Å². The third kappa shape index (κ3) is 3.39. The molecule has 1 saturated heterocycles. The van der Waals surface area contributed by atoms with Gasteiger partial charge in [-0.15, -0.1) is 12.4 Å². The van der Waals surface area contributed by atoms with Crippen LogP contribution in [0.25, 0.3) is 11.3 Å². The smallest absolute Gasteiger partial charge is 0.142 e. The third-order valence-electron chi connectivity index (χ3n) is 4.11. The zero-order valence-corrected chi connectivity index (χ0v) is 13.4. The average molecular weight is 331 g/mol. The first-order valence-electron chi connectivity index (χ1n) is 7.40. The van der Waals surface area contributed by atoms with Crippen molar-refractivity contribution in [1.29, 1.82) is 5.26 Å². The Balaban J connectivity index is 0.00000192. The standard InChI is InChI=1S/C17H18N4O.ClH/c18-9-14-13(11-4-3-7-20-10-11)8-15(21-17(14)19)12-5-1-2-6-16(12)22;/h1-2,5-6,8,11,20,22H,3-4,7,10H2,(H2,19,21);1H. The van der Waals surface area contributed by atoms with Gasteiger partial charge in [-0.3, -0.25) is 0 Å². The first kappa shape index (κ1) is 17.1. The predicted molar refractivity (Wildman–Crippen MR) is 92.6 cm³/mol. The number of aromatic hydroxyl groups is 1. The molecule has 1 unspecified atom stereocenters. The van der Waals surface area contributed by atoms with Gasteiger partial charge in [0.05, 0.1) is 11.3 Å². The van der Waals surface area contributed by atoms with Gasteiger partial charge in [-0.05, 0) is 49.1 Å². The van der Waals surface area contributed by atoms with Crippen molar-refractivity contribution in [3.8, 4) is 23.1 Å². The second-order valence-corrected chi connectivity index (χ2v) is 5.53. The fraction of sp³-hybridized carbons (Fsp3) is 0.294. The quantitative estimate of drug-likeness (QED) is 0.787. The van der Waals surface area contributed by atoms with Crippen LogP contribution in [0.4, 0.5) is 5.82 Å². The minimum Gasteiger partial charge on any atom is -0.507 e. The normalized spacial score (nSPS) is 17.1. The van der Waals surface area contributed by atoms with Gasteiger partial charge in [0.2, 0.25) is 0 Å². The highest BCUT2D eigenvalue weighted by molar-refractivity contribution is 5.85. The number of nitrogens with two attached hydrogens (primary N) is 1. The number of nitrogen functional groups attached to an aromatic ring is 1. The molecule has 0 amide bonds. The van der Waals surface area contributed by atoms with E-state index in [-0.39, 0.29) is 29.9 Å². The Hall–Kier alpha value is -2.29. The minimum atomic E-state index is 0. The Morgan fingerprint density at radius 2 is 2.13 bits per heavy atom. The van der Waals surface area contributed by atoms with Gasteiger partial charge in [0.1, 0.15) is 17.6 Å². The second-order valence-electron chi connectivity index (χ2n) is 5.53. The van der Waals surface area contributed by atoms with Gasteiger partial charge in [0.15, 0.2) is 0 Å². The van der Waals surface area contributed by atoms with Gasteiger partial charge in [0.25, 0.3) is 0 Å². The van der Waals surface area contributed by atoms with E-state index in [0.29, 0.717) is 16.8 Å². The number of nitrogens with one attached hydrogen (secondary N) is 1. The summed E-state index contributed by atoms with van der Waals surface area (Å²) >= 11 is 0. The molecule has 1 aliphatic heterocycles. The van der Waals surface area contributed by atoms with Gasteiger partial charge in [-0.1, -0.05) is 12.1 Å². The summed E-state index contributed by atoms with van der Waals surface area (Å²) in [5, 5.41) is 22.8. The number of phenols is 1. The molecule has 0 saturated carbocycles. The number of para-hydroxylation sites is 1. The summed E-state index contributed by atoms with van der Waals surface area (Å²) in [6, 6.07) is 11.1. The lowest BCUT2D eigenvalue weighted by Crippen LogP contribution is -2.29. The molecule has 0 radical (unpaired) electrons. The zero-order chi connectivity index (χ0) is 15.5. The van der Waals surface area contributed by atoms with Crippen LogP contribution >= 0.6 is 12.4 Å². The average Bonchev–Trinajstić information content (AvgIpc) is 2.55. The number of piperidine rings is 1. The minimum absolute atomic E-state index is 0. The first-order valence-corrected chi connectivity index (χ1v) is 7.40. The van der Waals surface area contributed by atoms with E-state index in [1.165, 1.54) is 0 Å². The van der Waals surface area contributed by atoms with Gasteiger partial charge >= 0.3 is 0 Å². The Morgan fingerprint density at radius 3 is 2.78 bits per heavy atom. The molecular formula is C17H19ClN4O. The van der Waals surface area contributed by atoms with Crippen molar-refractivity contribution in [3.05, 3.63) is 41.5 Å². The molecule has 1 atom stereocenters. The predicted octanol–water partition coefficient (Wildman–Crippen LogP) is 2.80. The van der Waals surface area contributed by atoms with E-state index in [2.05, 4.69) is 16.4 Å². The molecule has 1 aliphatic rings. The molecule has 0 spiro atoms. The summed E-state index contributed by atoms with van der Waals surface area (Å²) in [6.07, 6.45) is 2.09. The number of phenolic OH excluding ortho intramolecular Hbond substituents is 1. The molecule has 23 heavy (non-hydrogen) atoms. The van der Waals surface area contributed by atoms with Crippen LogP contribution in [0, 0.1) is 11.3 Å². The fourth-order valence-corrected chi connectivity index (χ4v) is 2.97. The van der Waals surface area contributed by atoms with Crippen LogP contribution < -0.4 is 11.1 Å². The van der Waals surface area contributed by atoms with Crippen LogP contribution in [-0.4, -0.2) is 23.2 Å². The highest BCUT2D eigenvalue weighted by Gasteiger charge is 2.22. The van der Waals surface area contributed by atoms with Crippen molar-refractivity contribution < 1.29 is 5.11 Å². The molecule has 6 heteroatoms. The maximum atomic E-state index is 10.0. The highest BCUT2D eigenvalue weighted by Crippen LogP contribution is 2.34. The molecule has 4 N–H and O–H groups in total. The van der Waals surface area contributed by atoms with E-state index in [9.17, 15) is 10.4 Å². The lowest BCUT2D eigenvalue weighted by atomic mass is 9.88. The Labute approximate surface area is 141 Å². The molecule has 1 aromatic heterocycles. The summed E-state index contributed by atoms with van der Waals surface area (Å²) in [7, 11) is 0. The largest absolute Gasteiger partial charge is 0.507 e. The molecule has 0 aliphatic carbocycles. The number of nitrogens with zero attached hydrogens (tertiary/aromatic N) is 2. The fourth-order valence-electron chi connectivity index (χ4n) is 2.97. The first-order chi connectivity index (χ1) is 10.7. The molecule has 1 fully saturated rings. The number of nitriles is 1. The van der Waals surface area contributed by atoms with E-state index in [1.807, 2.05) is 12.1 Å². The second kappa shape index (κ2) is 7.32. The van der Waals surface area contributed by atoms with Gasteiger partial charge in [-0.25, -0.2) is 4.98 Å². The van der Waals surface area contributed by atoms with Crippen molar-refractivity contribution in [2.45, 2.75) is 18.8 Å². The number of hydrogen-bond donors (Lipinski definition) is 3. The van der Waals surface area contributed by atoms with Crippen LogP contribution in [0.5, 0.6) is 5.75 Å². The number of aromatic nitrogens is 1. The van der Waals surface area contributed by atoms with Crippen LogP contribution in [0.15, 0.2) is 30.3 Å². The zero-order valence-electron chi connectivity index (χ0n) is 12.6. The number of rotatable bonds is 2. The number of halogens is 1. The van der Waals surface area contributed by atoms with Crippen molar-refractivity contribution in [2.24, 2.45) is 0 Å². The monoisotopic (exact) mass is 330 g/mol. The summed E-state index contributed by atoms with van der Waals surface area (Å²) in [5.41, 5.74) is 8.60. The van der Waals surface area contributed by atoms with Crippen molar-refractivity contribution in [1.82, 2.24) is 10.3 Å². The highest BCUT2D eigenvalue weighted by atomic mass is 35.5. The van der Waals surface area contributed by atoms with Crippen LogP contribution in [0.3, 0.4) is 0 Å². The summed E-state index contributed by atoms with van der Waals surface area (Å²) in [4.78, 5) is 4.31. The summed E-state index contributed by atoms with van der Waals surface area (Å²) in [6.45, 7) is 1.84. The number of hydrogen-bond acceptors (Lipinski definition) is 5. The molecule has 120 valence electrons. The molecule has 5 nitrogen and oxygen atoms in total. The Morgan fingerprint density at radius 1 is 1.35 bits per heavy atom. The van der Waals surface area contributed by atoms with Crippen molar-refractivity contribution in [2.75, 3.05) is 18.8 Å².